The Bertz CT molecular complexity index is 748. The largest absolute Gasteiger partial charge is 0.496 e. The molecule has 1 unspecified atom stereocenters. The molecule has 1 N–H and O–H groups in total. The molecule has 0 aromatic heterocycles. The van der Waals surface area contributed by atoms with Gasteiger partial charge in [0.2, 0.25) is 5.91 Å². The summed E-state index contributed by atoms with van der Waals surface area (Å²) < 4.78 is 18.6. The summed E-state index contributed by atoms with van der Waals surface area (Å²) >= 11 is 0. The first-order valence-corrected chi connectivity index (χ1v) is 7.77. The predicted octanol–water partition coefficient (Wildman–Crippen LogP) is 2.53. The zero-order valence-electron chi connectivity index (χ0n) is 14.1. The van der Waals surface area contributed by atoms with Crippen LogP contribution in [0.1, 0.15) is 11.1 Å². The highest BCUT2D eigenvalue weighted by Crippen LogP contribution is 2.21. The molecule has 0 saturated heterocycles. The maximum Gasteiger partial charge on any atom is 0.326 e. The number of ether oxygens (including phenoxy) is 1. The molecule has 0 spiro atoms. The fourth-order valence-corrected chi connectivity index (χ4v) is 2.57. The van der Waals surface area contributed by atoms with E-state index in [1.165, 1.54) is 37.3 Å². The van der Waals surface area contributed by atoms with Crippen molar-refractivity contribution < 1.29 is 23.8 Å². The van der Waals surface area contributed by atoms with Crippen LogP contribution in [0.5, 0.6) is 5.75 Å². The van der Waals surface area contributed by atoms with Gasteiger partial charge in [0.1, 0.15) is 17.6 Å². The normalized spacial score (nSPS) is 11.6. The maximum atomic E-state index is 13.4. The highest BCUT2D eigenvalue weighted by Gasteiger charge is 2.27. The molecule has 1 atom stereocenters. The zero-order chi connectivity index (χ0) is 18.4. The molecule has 2 rings (SSSR count). The predicted molar refractivity (Wildman–Crippen MR) is 91.0 cm³/mol. The van der Waals surface area contributed by atoms with Gasteiger partial charge in [0.05, 0.1) is 13.5 Å². The lowest BCUT2D eigenvalue weighted by Gasteiger charge is -2.25. The molecule has 5 nitrogen and oxygen atoms in total. The van der Waals surface area contributed by atoms with Crippen molar-refractivity contribution in [1.82, 2.24) is 4.90 Å². The van der Waals surface area contributed by atoms with Crippen LogP contribution in [0.3, 0.4) is 0 Å². The molecule has 132 valence electrons. The Morgan fingerprint density at radius 2 is 1.88 bits per heavy atom. The summed E-state index contributed by atoms with van der Waals surface area (Å²) in [5, 5.41) is 9.49. The van der Waals surface area contributed by atoms with Crippen LogP contribution in [0.25, 0.3) is 0 Å². The van der Waals surface area contributed by atoms with E-state index in [-0.39, 0.29) is 12.8 Å². The van der Waals surface area contributed by atoms with Crippen molar-refractivity contribution in [3.8, 4) is 5.75 Å². The SMILES string of the molecule is COc1ccc(F)cc1CC(=O)N(C)C(Cc1ccccc1)C(=O)O. The van der Waals surface area contributed by atoms with Gasteiger partial charge in [0, 0.05) is 19.0 Å². The quantitative estimate of drug-likeness (QED) is 0.837. The van der Waals surface area contributed by atoms with Crippen molar-refractivity contribution in [3.63, 3.8) is 0 Å². The van der Waals surface area contributed by atoms with Gasteiger partial charge in [-0.25, -0.2) is 9.18 Å². The van der Waals surface area contributed by atoms with Crippen LogP contribution < -0.4 is 4.74 Å². The minimum absolute atomic E-state index is 0.143. The fourth-order valence-electron chi connectivity index (χ4n) is 2.57. The van der Waals surface area contributed by atoms with Gasteiger partial charge < -0.3 is 14.7 Å². The molecule has 6 heteroatoms. The summed E-state index contributed by atoms with van der Waals surface area (Å²) in [6.45, 7) is 0. The second-order valence-electron chi connectivity index (χ2n) is 5.68. The number of halogens is 1. The number of benzene rings is 2. The Morgan fingerprint density at radius 1 is 1.20 bits per heavy atom. The van der Waals surface area contributed by atoms with Crippen LogP contribution in [0.15, 0.2) is 48.5 Å². The molecule has 0 aliphatic heterocycles. The molecule has 25 heavy (non-hydrogen) atoms. The number of likely N-dealkylation sites (N-methyl/N-ethyl adjacent to an activating group) is 1. The van der Waals surface area contributed by atoms with Crippen molar-refractivity contribution in [1.29, 1.82) is 0 Å². The summed E-state index contributed by atoms with van der Waals surface area (Å²) in [6.07, 6.45) is 0.0503. The van der Waals surface area contributed by atoms with Crippen LogP contribution in [-0.4, -0.2) is 42.1 Å². The molecule has 0 saturated carbocycles. The topological polar surface area (TPSA) is 66.8 Å². The van der Waals surface area contributed by atoms with E-state index in [2.05, 4.69) is 0 Å². The van der Waals surface area contributed by atoms with Crippen LogP contribution in [0.4, 0.5) is 4.39 Å². The van der Waals surface area contributed by atoms with E-state index in [1.54, 1.807) is 0 Å². The number of carbonyl (C=O) groups excluding carboxylic acids is 1. The monoisotopic (exact) mass is 345 g/mol. The molecule has 0 fully saturated rings. The Kier molecular flexibility index (Phi) is 6.11. The van der Waals surface area contributed by atoms with Gasteiger partial charge in [0.25, 0.3) is 0 Å². The fraction of sp³-hybridized carbons (Fsp3) is 0.263. The lowest BCUT2D eigenvalue weighted by molar-refractivity contribution is -0.148. The lowest BCUT2D eigenvalue weighted by Crippen LogP contribution is -2.44. The summed E-state index contributed by atoms with van der Waals surface area (Å²) in [6, 6.07) is 12.0. The van der Waals surface area contributed by atoms with Gasteiger partial charge in [-0.05, 0) is 23.8 Å². The van der Waals surface area contributed by atoms with E-state index < -0.39 is 23.7 Å². The number of carboxylic acid groups (broad SMARTS) is 1. The third kappa shape index (κ3) is 4.79. The molecule has 0 aliphatic rings. The maximum absolute atomic E-state index is 13.4. The van der Waals surface area contributed by atoms with E-state index in [4.69, 9.17) is 4.74 Å². The average molecular weight is 345 g/mol. The number of carboxylic acids is 1. The molecule has 0 aliphatic carbocycles. The minimum atomic E-state index is -1.09. The molecule has 0 radical (unpaired) electrons. The Hall–Kier alpha value is -2.89. The van der Waals surface area contributed by atoms with Crippen molar-refractivity contribution in [2.24, 2.45) is 0 Å². The number of rotatable bonds is 7. The average Bonchev–Trinajstić information content (AvgIpc) is 2.60. The van der Waals surface area contributed by atoms with E-state index in [9.17, 15) is 19.1 Å². The Labute approximate surface area is 145 Å². The highest BCUT2D eigenvalue weighted by atomic mass is 19.1. The molecule has 1 amide bonds. The summed E-state index contributed by atoms with van der Waals surface area (Å²) in [5.74, 6) is -1.61. The van der Waals surface area contributed by atoms with Crippen molar-refractivity contribution in [2.75, 3.05) is 14.2 Å². The first-order valence-electron chi connectivity index (χ1n) is 7.77. The lowest BCUT2D eigenvalue weighted by atomic mass is 10.0. The van der Waals surface area contributed by atoms with Crippen LogP contribution in [0, 0.1) is 5.82 Å². The van der Waals surface area contributed by atoms with Gasteiger partial charge in [-0.1, -0.05) is 30.3 Å². The zero-order valence-corrected chi connectivity index (χ0v) is 14.1. The minimum Gasteiger partial charge on any atom is -0.496 e. The number of carbonyl (C=O) groups is 2. The van der Waals surface area contributed by atoms with Crippen LogP contribution in [0.2, 0.25) is 0 Å². The highest BCUT2D eigenvalue weighted by molar-refractivity contribution is 5.85. The van der Waals surface area contributed by atoms with Gasteiger partial charge in [-0.15, -0.1) is 0 Å². The van der Waals surface area contributed by atoms with Gasteiger partial charge >= 0.3 is 5.97 Å². The smallest absolute Gasteiger partial charge is 0.326 e. The molecule has 0 heterocycles. The molecule has 2 aromatic rings. The van der Waals surface area contributed by atoms with E-state index in [0.29, 0.717) is 11.3 Å². The third-order valence-electron chi connectivity index (χ3n) is 4.00. The summed E-state index contributed by atoms with van der Waals surface area (Å²) in [7, 11) is 2.87. The summed E-state index contributed by atoms with van der Waals surface area (Å²) in [4.78, 5) is 25.3. The number of methoxy groups -OCH3 is 1. The second-order valence-corrected chi connectivity index (χ2v) is 5.68. The Balaban J connectivity index is 2.16. The van der Waals surface area contributed by atoms with E-state index in [0.717, 1.165) is 5.56 Å². The number of hydrogen-bond acceptors (Lipinski definition) is 3. The van der Waals surface area contributed by atoms with Crippen molar-refractivity contribution in [3.05, 3.63) is 65.5 Å². The number of aliphatic carboxylic acids is 1. The van der Waals surface area contributed by atoms with Crippen LogP contribution >= 0.6 is 0 Å². The van der Waals surface area contributed by atoms with Gasteiger partial charge in [-0.2, -0.15) is 0 Å². The number of hydrogen-bond donors (Lipinski definition) is 1. The summed E-state index contributed by atoms with van der Waals surface area (Å²) in [5.41, 5.74) is 1.20. The third-order valence-corrected chi connectivity index (χ3v) is 4.00. The van der Waals surface area contributed by atoms with E-state index in [1.807, 2.05) is 30.3 Å². The first-order chi connectivity index (χ1) is 11.9. The Morgan fingerprint density at radius 3 is 2.48 bits per heavy atom. The molecule has 2 aromatic carbocycles. The van der Waals surface area contributed by atoms with Gasteiger partial charge in [-0.3, -0.25) is 4.79 Å². The van der Waals surface area contributed by atoms with Gasteiger partial charge in [0.15, 0.2) is 0 Å². The van der Waals surface area contributed by atoms with Crippen molar-refractivity contribution in [2.45, 2.75) is 18.9 Å². The van der Waals surface area contributed by atoms with Crippen molar-refractivity contribution >= 4 is 11.9 Å². The standard InChI is InChI=1S/C19H20FNO4/c1-21(16(19(23)24)10-13-6-4-3-5-7-13)18(22)12-14-11-15(20)8-9-17(14)25-2/h3-9,11,16H,10,12H2,1-2H3,(H,23,24). The van der Waals surface area contributed by atoms with E-state index >= 15 is 0 Å². The number of nitrogens with zero attached hydrogens (tertiary/aromatic N) is 1. The first kappa shape index (κ1) is 18.4. The molecule has 0 bridgehead atoms. The number of amides is 1. The van der Waals surface area contributed by atoms with Crippen LogP contribution in [-0.2, 0) is 22.4 Å². The molecular formula is C19H20FNO4. The molecular weight excluding hydrogens is 325 g/mol. The second kappa shape index (κ2) is 8.28.